The first-order chi connectivity index (χ1) is 6.75. The molecule has 14 heavy (non-hydrogen) atoms. The molecule has 0 aromatic carbocycles. The van der Waals surface area contributed by atoms with Crippen LogP contribution in [0.2, 0.25) is 0 Å². The van der Waals surface area contributed by atoms with Crippen molar-refractivity contribution in [2.75, 3.05) is 0 Å². The summed E-state index contributed by atoms with van der Waals surface area (Å²) in [6.07, 6.45) is 4.21. The summed E-state index contributed by atoms with van der Waals surface area (Å²) in [6.45, 7) is 0.585. The summed E-state index contributed by atoms with van der Waals surface area (Å²) >= 11 is 0. The zero-order valence-electron chi connectivity index (χ0n) is 8.29. The first-order valence-corrected chi connectivity index (χ1v) is 4.90. The molecule has 0 radical (unpaired) electrons. The third-order valence-corrected chi connectivity index (χ3v) is 2.39. The summed E-state index contributed by atoms with van der Waals surface area (Å²) in [7, 11) is 1.97. The molecular formula is C10H15N3O. The molecule has 0 atom stereocenters. The molecule has 1 aromatic rings. The van der Waals surface area contributed by atoms with Gasteiger partial charge < -0.3 is 15.2 Å². The van der Waals surface area contributed by atoms with Crippen LogP contribution in [0.4, 0.5) is 4.79 Å². The second-order valence-electron chi connectivity index (χ2n) is 3.71. The third-order valence-electron chi connectivity index (χ3n) is 2.39. The minimum absolute atomic E-state index is 0.0614. The number of hydrogen-bond acceptors (Lipinski definition) is 1. The average molecular weight is 193 g/mol. The fourth-order valence-corrected chi connectivity index (χ4v) is 1.32. The molecule has 0 aliphatic heterocycles. The lowest BCUT2D eigenvalue weighted by Gasteiger charge is -2.07. The van der Waals surface area contributed by atoms with Gasteiger partial charge in [-0.05, 0) is 25.0 Å². The first-order valence-electron chi connectivity index (χ1n) is 4.90. The summed E-state index contributed by atoms with van der Waals surface area (Å²) in [5, 5.41) is 5.70. The number of carbonyl (C=O) groups is 1. The van der Waals surface area contributed by atoms with Crippen molar-refractivity contribution in [1.29, 1.82) is 0 Å². The van der Waals surface area contributed by atoms with E-state index >= 15 is 0 Å². The Labute approximate surface area is 83.3 Å². The van der Waals surface area contributed by atoms with E-state index in [4.69, 9.17) is 0 Å². The number of rotatable bonds is 3. The van der Waals surface area contributed by atoms with Gasteiger partial charge in [0.1, 0.15) is 0 Å². The highest BCUT2D eigenvalue weighted by Gasteiger charge is 2.22. The van der Waals surface area contributed by atoms with Gasteiger partial charge in [0, 0.05) is 25.0 Å². The maximum atomic E-state index is 11.3. The van der Waals surface area contributed by atoms with Gasteiger partial charge in [0.15, 0.2) is 0 Å². The van der Waals surface area contributed by atoms with Crippen molar-refractivity contribution in [2.24, 2.45) is 7.05 Å². The zero-order valence-corrected chi connectivity index (χ0v) is 8.29. The van der Waals surface area contributed by atoms with Gasteiger partial charge in [0.2, 0.25) is 0 Å². The van der Waals surface area contributed by atoms with Crippen molar-refractivity contribution in [1.82, 2.24) is 15.2 Å². The molecule has 2 N–H and O–H groups in total. The lowest BCUT2D eigenvalue weighted by molar-refractivity contribution is 0.240. The highest BCUT2D eigenvalue weighted by molar-refractivity contribution is 5.74. The maximum absolute atomic E-state index is 11.3. The molecule has 1 aromatic heterocycles. The number of amides is 2. The maximum Gasteiger partial charge on any atom is 0.315 e. The number of nitrogens with zero attached hydrogens (tertiary/aromatic N) is 1. The Hall–Kier alpha value is -1.45. The van der Waals surface area contributed by atoms with Crippen LogP contribution in [0.5, 0.6) is 0 Å². The van der Waals surface area contributed by atoms with Crippen LogP contribution in [-0.2, 0) is 13.6 Å². The van der Waals surface area contributed by atoms with Crippen molar-refractivity contribution in [3.05, 3.63) is 24.0 Å². The van der Waals surface area contributed by atoms with Crippen LogP contribution in [0, 0.1) is 0 Å². The monoisotopic (exact) mass is 193 g/mol. The highest BCUT2D eigenvalue weighted by Crippen LogP contribution is 2.18. The first kappa shape index (κ1) is 9.12. The number of aryl methyl sites for hydroxylation is 1. The largest absolute Gasteiger partial charge is 0.353 e. The number of aromatic nitrogens is 1. The molecule has 2 amide bonds. The van der Waals surface area contributed by atoms with E-state index in [-0.39, 0.29) is 6.03 Å². The topological polar surface area (TPSA) is 46.1 Å². The fraction of sp³-hybridized carbons (Fsp3) is 0.500. The van der Waals surface area contributed by atoms with Gasteiger partial charge in [-0.25, -0.2) is 4.79 Å². The third kappa shape index (κ3) is 2.28. The number of carbonyl (C=O) groups excluding carboxylic acids is 1. The standard InChI is InChI=1S/C10H15N3O/c1-13-6-2-3-9(13)7-11-10(14)12-8-4-5-8/h2-3,6,8H,4-5,7H2,1H3,(H2,11,12,14). The van der Waals surface area contributed by atoms with E-state index in [9.17, 15) is 4.79 Å². The van der Waals surface area contributed by atoms with E-state index in [0.717, 1.165) is 18.5 Å². The van der Waals surface area contributed by atoms with Gasteiger partial charge >= 0.3 is 6.03 Å². The summed E-state index contributed by atoms with van der Waals surface area (Å²) in [4.78, 5) is 11.3. The summed E-state index contributed by atoms with van der Waals surface area (Å²) < 4.78 is 2.00. The Kier molecular flexibility index (Phi) is 2.43. The van der Waals surface area contributed by atoms with Gasteiger partial charge in [0.25, 0.3) is 0 Å². The molecule has 1 fully saturated rings. The van der Waals surface area contributed by atoms with Crippen molar-refractivity contribution < 1.29 is 4.79 Å². The van der Waals surface area contributed by atoms with Gasteiger partial charge in [-0.2, -0.15) is 0 Å². The van der Waals surface area contributed by atoms with Crippen LogP contribution in [0.1, 0.15) is 18.5 Å². The molecule has 0 bridgehead atoms. The molecule has 0 saturated heterocycles. The quantitative estimate of drug-likeness (QED) is 0.738. The summed E-state index contributed by atoms with van der Waals surface area (Å²) in [6, 6.07) is 4.32. The van der Waals surface area contributed by atoms with Crippen LogP contribution in [0.25, 0.3) is 0 Å². The highest BCUT2D eigenvalue weighted by atomic mass is 16.2. The Balaban J connectivity index is 1.76. The van der Waals surface area contributed by atoms with Gasteiger partial charge in [-0.3, -0.25) is 0 Å². The normalized spacial score (nSPS) is 15.2. The van der Waals surface area contributed by atoms with Crippen molar-refractivity contribution in [2.45, 2.75) is 25.4 Å². The molecule has 76 valence electrons. The average Bonchev–Trinajstić information content (AvgIpc) is 2.86. The number of urea groups is 1. The molecule has 4 nitrogen and oxygen atoms in total. The van der Waals surface area contributed by atoms with E-state index in [1.165, 1.54) is 0 Å². The van der Waals surface area contributed by atoms with Gasteiger partial charge in [-0.1, -0.05) is 0 Å². The molecule has 2 rings (SSSR count). The molecule has 0 unspecified atom stereocenters. The van der Waals surface area contributed by atoms with E-state index in [2.05, 4.69) is 10.6 Å². The molecule has 1 heterocycles. The van der Waals surface area contributed by atoms with Crippen LogP contribution >= 0.6 is 0 Å². The molecule has 1 aliphatic rings. The Morgan fingerprint density at radius 2 is 2.43 bits per heavy atom. The molecule has 4 heteroatoms. The Bertz CT molecular complexity index is 328. The van der Waals surface area contributed by atoms with E-state index < -0.39 is 0 Å². The van der Waals surface area contributed by atoms with Crippen LogP contribution in [-0.4, -0.2) is 16.6 Å². The Morgan fingerprint density at radius 3 is 3.00 bits per heavy atom. The summed E-state index contributed by atoms with van der Waals surface area (Å²) in [5.74, 6) is 0. The van der Waals surface area contributed by atoms with Crippen molar-refractivity contribution >= 4 is 6.03 Å². The van der Waals surface area contributed by atoms with E-state index in [0.29, 0.717) is 12.6 Å². The van der Waals surface area contributed by atoms with Gasteiger partial charge in [0.05, 0.1) is 6.54 Å². The molecular weight excluding hydrogens is 178 g/mol. The van der Waals surface area contributed by atoms with Crippen LogP contribution in [0.3, 0.4) is 0 Å². The van der Waals surface area contributed by atoms with Crippen LogP contribution in [0.15, 0.2) is 18.3 Å². The zero-order chi connectivity index (χ0) is 9.97. The second kappa shape index (κ2) is 3.74. The lowest BCUT2D eigenvalue weighted by Crippen LogP contribution is -2.36. The summed E-state index contributed by atoms with van der Waals surface area (Å²) in [5.41, 5.74) is 1.11. The lowest BCUT2D eigenvalue weighted by atomic mass is 10.4. The van der Waals surface area contributed by atoms with Crippen molar-refractivity contribution in [3.63, 3.8) is 0 Å². The van der Waals surface area contributed by atoms with Crippen molar-refractivity contribution in [3.8, 4) is 0 Å². The van der Waals surface area contributed by atoms with Crippen LogP contribution < -0.4 is 10.6 Å². The SMILES string of the molecule is Cn1cccc1CNC(=O)NC1CC1. The Morgan fingerprint density at radius 1 is 1.64 bits per heavy atom. The predicted octanol–water partition coefficient (Wildman–Crippen LogP) is 0.987. The predicted molar refractivity (Wildman–Crippen MR) is 53.8 cm³/mol. The fourth-order valence-electron chi connectivity index (χ4n) is 1.32. The number of hydrogen-bond donors (Lipinski definition) is 2. The minimum Gasteiger partial charge on any atom is -0.353 e. The second-order valence-corrected chi connectivity index (χ2v) is 3.71. The smallest absolute Gasteiger partial charge is 0.315 e. The molecule has 0 spiro atoms. The molecule has 1 aliphatic carbocycles. The number of nitrogens with one attached hydrogen (secondary N) is 2. The van der Waals surface area contributed by atoms with Gasteiger partial charge in [-0.15, -0.1) is 0 Å². The van der Waals surface area contributed by atoms with E-state index in [1.54, 1.807) is 0 Å². The minimum atomic E-state index is -0.0614. The van der Waals surface area contributed by atoms with E-state index in [1.807, 2.05) is 29.9 Å². The molecule has 1 saturated carbocycles.